The Morgan fingerprint density at radius 1 is 1.32 bits per heavy atom. The molecule has 2 aromatic heterocycles. The summed E-state index contributed by atoms with van der Waals surface area (Å²) < 4.78 is 18.5. The number of nitrogens with zero attached hydrogens (tertiary/aromatic N) is 2. The molecule has 0 bridgehead atoms. The molecule has 1 aliphatic heterocycles. The van der Waals surface area contributed by atoms with E-state index in [1.807, 2.05) is 20.0 Å². The molecule has 128 valence electrons. The van der Waals surface area contributed by atoms with Gasteiger partial charge in [0.15, 0.2) is 16.6 Å². The van der Waals surface area contributed by atoms with Crippen LogP contribution in [-0.4, -0.2) is 22.5 Å². The SMILES string of the molecule is Cc1c(C(N)=O)sc(Oc2ccc3c(c2)OCO3)c1-c1ccnn1C. The number of hydrogen-bond donors (Lipinski definition) is 1. The van der Waals surface area contributed by atoms with Gasteiger partial charge in [0.2, 0.25) is 6.79 Å². The van der Waals surface area contributed by atoms with Crippen LogP contribution in [0.2, 0.25) is 0 Å². The van der Waals surface area contributed by atoms with Crippen molar-refractivity contribution >= 4 is 17.2 Å². The molecule has 1 aliphatic rings. The molecule has 0 spiro atoms. The van der Waals surface area contributed by atoms with Crippen molar-refractivity contribution in [3.63, 3.8) is 0 Å². The lowest BCUT2D eigenvalue weighted by Gasteiger charge is -2.08. The van der Waals surface area contributed by atoms with E-state index in [-0.39, 0.29) is 6.79 Å². The third kappa shape index (κ3) is 2.60. The molecule has 0 atom stereocenters. The van der Waals surface area contributed by atoms with Crippen LogP contribution in [0, 0.1) is 6.92 Å². The zero-order valence-electron chi connectivity index (χ0n) is 13.6. The molecule has 25 heavy (non-hydrogen) atoms. The minimum Gasteiger partial charge on any atom is -0.454 e. The van der Waals surface area contributed by atoms with Gasteiger partial charge < -0.3 is 19.9 Å². The molecule has 0 unspecified atom stereocenters. The summed E-state index contributed by atoms with van der Waals surface area (Å²) in [6.07, 6.45) is 1.70. The number of nitrogens with two attached hydrogens (primary N) is 1. The van der Waals surface area contributed by atoms with Gasteiger partial charge in [0.1, 0.15) is 5.75 Å². The molecular weight excluding hydrogens is 342 g/mol. The summed E-state index contributed by atoms with van der Waals surface area (Å²) in [6.45, 7) is 2.05. The first-order valence-electron chi connectivity index (χ1n) is 7.53. The second-order valence-corrected chi connectivity index (χ2v) is 6.52. The molecule has 1 amide bonds. The monoisotopic (exact) mass is 357 g/mol. The first-order valence-corrected chi connectivity index (χ1v) is 8.35. The normalized spacial score (nSPS) is 12.4. The average molecular weight is 357 g/mol. The Balaban J connectivity index is 1.80. The number of ether oxygens (including phenoxy) is 3. The van der Waals surface area contributed by atoms with E-state index in [2.05, 4.69) is 5.10 Å². The van der Waals surface area contributed by atoms with E-state index in [0.717, 1.165) is 16.8 Å². The van der Waals surface area contributed by atoms with Gasteiger partial charge in [0.25, 0.3) is 5.91 Å². The highest BCUT2D eigenvalue weighted by Crippen LogP contribution is 2.45. The van der Waals surface area contributed by atoms with Crippen LogP contribution >= 0.6 is 11.3 Å². The van der Waals surface area contributed by atoms with Crippen LogP contribution in [-0.2, 0) is 7.05 Å². The van der Waals surface area contributed by atoms with Gasteiger partial charge >= 0.3 is 0 Å². The molecule has 1 aromatic carbocycles. The molecule has 8 heteroatoms. The number of amides is 1. The van der Waals surface area contributed by atoms with Crippen molar-refractivity contribution in [2.75, 3.05) is 6.79 Å². The fourth-order valence-electron chi connectivity index (χ4n) is 2.76. The highest BCUT2D eigenvalue weighted by molar-refractivity contribution is 7.16. The molecule has 3 aromatic rings. The minimum absolute atomic E-state index is 0.197. The third-order valence-electron chi connectivity index (χ3n) is 3.97. The van der Waals surface area contributed by atoms with E-state index in [0.29, 0.717) is 27.2 Å². The van der Waals surface area contributed by atoms with Crippen LogP contribution in [0.15, 0.2) is 30.5 Å². The second kappa shape index (κ2) is 5.82. The van der Waals surface area contributed by atoms with E-state index >= 15 is 0 Å². The van der Waals surface area contributed by atoms with Crippen LogP contribution < -0.4 is 19.9 Å². The predicted molar refractivity (Wildman–Crippen MR) is 92.4 cm³/mol. The van der Waals surface area contributed by atoms with Gasteiger partial charge in [0, 0.05) is 19.3 Å². The molecule has 0 saturated carbocycles. The number of aryl methyl sites for hydroxylation is 1. The quantitative estimate of drug-likeness (QED) is 0.775. The van der Waals surface area contributed by atoms with E-state index in [9.17, 15) is 4.79 Å². The van der Waals surface area contributed by atoms with Crippen LogP contribution in [0.3, 0.4) is 0 Å². The maximum absolute atomic E-state index is 11.8. The molecule has 0 fully saturated rings. The fourth-order valence-corrected chi connectivity index (χ4v) is 3.80. The number of thiophene rings is 1. The van der Waals surface area contributed by atoms with Gasteiger partial charge in [-0.3, -0.25) is 9.48 Å². The zero-order valence-corrected chi connectivity index (χ0v) is 14.4. The smallest absolute Gasteiger partial charge is 0.259 e. The first kappa shape index (κ1) is 15.5. The van der Waals surface area contributed by atoms with Crippen molar-refractivity contribution in [2.24, 2.45) is 12.8 Å². The Hall–Kier alpha value is -3.00. The number of aromatic nitrogens is 2. The van der Waals surface area contributed by atoms with Gasteiger partial charge in [-0.15, -0.1) is 0 Å². The van der Waals surface area contributed by atoms with Crippen LogP contribution in [0.4, 0.5) is 0 Å². The number of fused-ring (bicyclic) bond motifs is 1. The van der Waals surface area contributed by atoms with Crippen LogP contribution in [0.5, 0.6) is 22.3 Å². The molecule has 4 rings (SSSR count). The molecular formula is C17H15N3O4S. The average Bonchev–Trinajstić information content (AvgIpc) is 3.27. The van der Waals surface area contributed by atoms with E-state index < -0.39 is 5.91 Å². The van der Waals surface area contributed by atoms with Gasteiger partial charge in [0.05, 0.1) is 16.1 Å². The Labute approximate surface area is 147 Å². The highest BCUT2D eigenvalue weighted by atomic mass is 32.1. The number of primary amides is 1. The molecule has 2 N–H and O–H groups in total. The molecule has 0 aliphatic carbocycles. The second-order valence-electron chi connectivity index (χ2n) is 5.54. The largest absolute Gasteiger partial charge is 0.454 e. The van der Waals surface area contributed by atoms with Crippen molar-refractivity contribution in [2.45, 2.75) is 6.92 Å². The molecule has 7 nitrogen and oxygen atoms in total. The van der Waals surface area contributed by atoms with Gasteiger partial charge in [-0.2, -0.15) is 5.10 Å². The summed E-state index contributed by atoms with van der Waals surface area (Å²) in [4.78, 5) is 12.2. The number of carbonyl (C=O) groups is 1. The number of rotatable bonds is 4. The topological polar surface area (TPSA) is 88.6 Å². The molecule has 0 saturated heterocycles. The van der Waals surface area contributed by atoms with Crippen molar-refractivity contribution in [3.05, 3.63) is 40.9 Å². The Morgan fingerprint density at radius 2 is 2.12 bits per heavy atom. The van der Waals surface area contributed by atoms with E-state index in [1.165, 1.54) is 11.3 Å². The maximum Gasteiger partial charge on any atom is 0.259 e. The third-order valence-corrected chi connectivity index (χ3v) is 5.15. The Morgan fingerprint density at radius 3 is 2.84 bits per heavy atom. The summed E-state index contributed by atoms with van der Waals surface area (Å²) in [5.41, 5.74) is 7.93. The lowest BCUT2D eigenvalue weighted by molar-refractivity contribution is 0.100. The summed E-state index contributed by atoms with van der Waals surface area (Å²) in [6, 6.07) is 7.21. The fraction of sp³-hybridized carbons (Fsp3) is 0.176. The van der Waals surface area contributed by atoms with Crippen molar-refractivity contribution < 1.29 is 19.0 Å². The Bertz CT molecular complexity index is 976. The minimum atomic E-state index is -0.480. The van der Waals surface area contributed by atoms with Crippen molar-refractivity contribution in [1.82, 2.24) is 9.78 Å². The standard InChI is InChI=1S/C17H15N3O4S/c1-9-14(11-5-6-19-20(11)2)17(25-15(9)16(18)21)24-10-3-4-12-13(7-10)23-8-22-12/h3-7H,8H2,1-2H3,(H2,18,21). The maximum atomic E-state index is 11.8. The first-order chi connectivity index (χ1) is 12.0. The Kier molecular flexibility index (Phi) is 3.61. The lowest BCUT2D eigenvalue weighted by atomic mass is 10.1. The summed E-state index contributed by atoms with van der Waals surface area (Å²) in [5, 5.41) is 4.77. The van der Waals surface area contributed by atoms with E-state index in [4.69, 9.17) is 19.9 Å². The molecule has 0 radical (unpaired) electrons. The summed E-state index contributed by atoms with van der Waals surface area (Å²) >= 11 is 1.22. The lowest BCUT2D eigenvalue weighted by Crippen LogP contribution is -2.10. The van der Waals surface area contributed by atoms with E-state index in [1.54, 1.807) is 29.1 Å². The summed E-state index contributed by atoms with van der Waals surface area (Å²) in [7, 11) is 1.83. The van der Waals surface area contributed by atoms with Crippen molar-refractivity contribution in [1.29, 1.82) is 0 Å². The number of benzene rings is 1. The number of carbonyl (C=O) groups excluding carboxylic acids is 1. The van der Waals surface area contributed by atoms with Gasteiger partial charge in [-0.1, -0.05) is 11.3 Å². The van der Waals surface area contributed by atoms with Crippen LogP contribution in [0.25, 0.3) is 11.3 Å². The number of hydrogen-bond acceptors (Lipinski definition) is 6. The van der Waals surface area contributed by atoms with Crippen LogP contribution in [0.1, 0.15) is 15.2 Å². The molecule has 3 heterocycles. The highest BCUT2D eigenvalue weighted by Gasteiger charge is 2.24. The van der Waals surface area contributed by atoms with Crippen molar-refractivity contribution in [3.8, 4) is 33.6 Å². The van der Waals surface area contributed by atoms with Gasteiger partial charge in [-0.25, -0.2) is 0 Å². The summed E-state index contributed by atoms with van der Waals surface area (Å²) in [5.74, 6) is 1.42. The zero-order chi connectivity index (χ0) is 17.6. The predicted octanol–water partition coefficient (Wildman–Crippen LogP) is 3.08. The van der Waals surface area contributed by atoms with Gasteiger partial charge in [-0.05, 0) is 30.7 Å².